The number of aryl methyl sites for hydroxylation is 4. The third kappa shape index (κ3) is 6.83. The second-order valence-electron chi connectivity index (χ2n) is 9.42. The van der Waals surface area contributed by atoms with Gasteiger partial charge in [-0.2, -0.15) is 0 Å². The summed E-state index contributed by atoms with van der Waals surface area (Å²) in [5.74, 6) is 2.69. The molecule has 176 valence electrons. The average Bonchev–Trinajstić information content (AvgIpc) is 3.58. The van der Waals surface area contributed by atoms with Gasteiger partial charge in [0.1, 0.15) is 11.6 Å². The van der Waals surface area contributed by atoms with Gasteiger partial charge in [0.2, 0.25) is 5.91 Å². The highest BCUT2D eigenvalue weighted by Gasteiger charge is 2.28. The molecule has 0 saturated heterocycles. The van der Waals surface area contributed by atoms with Crippen LogP contribution in [0, 0.1) is 19.8 Å². The van der Waals surface area contributed by atoms with Gasteiger partial charge in [-0.1, -0.05) is 24.6 Å². The summed E-state index contributed by atoms with van der Waals surface area (Å²) in [5.41, 5.74) is 4.78. The number of nitrogens with zero attached hydrogens (tertiary/aromatic N) is 2. The highest BCUT2D eigenvalue weighted by Crippen LogP contribution is 2.28. The van der Waals surface area contributed by atoms with E-state index in [2.05, 4.69) is 66.2 Å². The number of imidazole rings is 1. The highest BCUT2D eigenvalue weighted by molar-refractivity contribution is 5.80. The fourth-order valence-corrected chi connectivity index (χ4v) is 4.43. The summed E-state index contributed by atoms with van der Waals surface area (Å²) in [6.45, 7) is 6.71. The van der Waals surface area contributed by atoms with Gasteiger partial charge in [-0.3, -0.25) is 4.79 Å². The van der Waals surface area contributed by atoms with Gasteiger partial charge in [0, 0.05) is 25.4 Å². The summed E-state index contributed by atoms with van der Waals surface area (Å²) in [6, 6.07) is 14.8. The molecule has 1 N–H and O–H groups in total. The summed E-state index contributed by atoms with van der Waals surface area (Å²) in [6.07, 6.45) is 8.43. The highest BCUT2D eigenvalue weighted by atomic mass is 16.5. The SMILES string of the molecule is Cc1cc(C)cc(OCCCCn2c(CCCCCNC(=O)C3CC3)nc3ccccc32)c1. The third-order valence-corrected chi connectivity index (χ3v) is 6.30. The smallest absolute Gasteiger partial charge is 0.223 e. The van der Waals surface area contributed by atoms with Crippen molar-refractivity contribution in [3.05, 3.63) is 59.4 Å². The Hall–Kier alpha value is -2.82. The number of aromatic nitrogens is 2. The second-order valence-corrected chi connectivity index (χ2v) is 9.42. The van der Waals surface area contributed by atoms with E-state index in [1.807, 2.05) is 0 Å². The number of carbonyl (C=O) groups is 1. The molecule has 0 atom stereocenters. The van der Waals surface area contributed by atoms with E-state index in [0.29, 0.717) is 5.92 Å². The molecular formula is C28H37N3O2. The van der Waals surface area contributed by atoms with Crippen LogP contribution in [-0.2, 0) is 17.8 Å². The predicted octanol–water partition coefficient (Wildman–Crippen LogP) is 5.75. The first-order valence-corrected chi connectivity index (χ1v) is 12.5. The molecule has 5 nitrogen and oxygen atoms in total. The molecule has 1 fully saturated rings. The van der Waals surface area contributed by atoms with Crippen LogP contribution in [0.4, 0.5) is 0 Å². The topological polar surface area (TPSA) is 56.1 Å². The minimum atomic E-state index is 0.248. The van der Waals surface area contributed by atoms with Gasteiger partial charge in [-0.25, -0.2) is 4.98 Å². The first-order chi connectivity index (χ1) is 16.1. The number of ether oxygens (including phenoxy) is 1. The quantitative estimate of drug-likeness (QED) is 0.339. The molecule has 33 heavy (non-hydrogen) atoms. The molecule has 0 radical (unpaired) electrons. The Kier molecular flexibility index (Phi) is 8.03. The van der Waals surface area contributed by atoms with Gasteiger partial charge in [-0.05, 0) is 87.8 Å². The van der Waals surface area contributed by atoms with Crippen molar-refractivity contribution in [1.29, 1.82) is 0 Å². The monoisotopic (exact) mass is 447 g/mol. The van der Waals surface area contributed by atoms with Crippen LogP contribution in [0.1, 0.15) is 61.9 Å². The molecule has 2 aromatic carbocycles. The Morgan fingerprint density at radius 3 is 2.61 bits per heavy atom. The van der Waals surface area contributed by atoms with Gasteiger partial charge < -0.3 is 14.6 Å². The molecule has 1 aliphatic carbocycles. The van der Waals surface area contributed by atoms with E-state index in [9.17, 15) is 4.79 Å². The van der Waals surface area contributed by atoms with Gasteiger partial charge in [0.25, 0.3) is 0 Å². The zero-order chi connectivity index (χ0) is 23.0. The van der Waals surface area contributed by atoms with Crippen LogP contribution in [0.5, 0.6) is 5.75 Å². The van der Waals surface area contributed by atoms with Crippen molar-refractivity contribution in [2.24, 2.45) is 5.92 Å². The first-order valence-electron chi connectivity index (χ1n) is 12.5. The van der Waals surface area contributed by atoms with E-state index < -0.39 is 0 Å². The second kappa shape index (κ2) is 11.4. The van der Waals surface area contributed by atoms with Crippen LogP contribution in [0.2, 0.25) is 0 Å². The molecule has 0 spiro atoms. The van der Waals surface area contributed by atoms with E-state index >= 15 is 0 Å². The average molecular weight is 448 g/mol. The lowest BCUT2D eigenvalue weighted by Gasteiger charge is -2.11. The molecule has 3 aromatic rings. The number of rotatable bonds is 13. The molecule has 0 aliphatic heterocycles. The Bertz CT molecular complexity index is 1050. The van der Waals surface area contributed by atoms with Gasteiger partial charge in [0.05, 0.1) is 17.6 Å². The van der Waals surface area contributed by atoms with Crippen molar-refractivity contribution < 1.29 is 9.53 Å². The number of hydrogen-bond donors (Lipinski definition) is 1. The molecule has 1 amide bonds. The number of unbranched alkanes of at least 4 members (excludes halogenated alkanes) is 3. The zero-order valence-electron chi connectivity index (χ0n) is 20.1. The van der Waals surface area contributed by atoms with Gasteiger partial charge >= 0.3 is 0 Å². The Morgan fingerprint density at radius 2 is 1.82 bits per heavy atom. The summed E-state index contributed by atoms with van der Waals surface area (Å²) in [4.78, 5) is 16.6. The largest absolute Gasteiger partial charge is 0.494 e. The fraction of sp³-hybridized carbons (Fsp3) is 0.500. The summed E-state index contributed by atoms with van der Waals surface area (Å²) in [5, 5.41) is 3.06. The summed E-state index contributed by atoms with van der Waals surface area (Å²) >= 11 is 0. The number of fused-ring (bicyclic) bond motifs is 1. The lowest BCUT2D eigenvalue weighted by Crippen LogP contribution is -2.25. The normalized spacial score (nSPS) is 13.4. The van der Waals surface area contributed by atoms with Crippen LogP contribution in [0.3, 0.4) is 0 Å². The van der Waals surface area contributed by atoms with E-state index in [4.69, 9.17) is 9.72 Å². The Labute approximate surface area is 197 Å². The molecule has 5 heteroatoms. The van der Waals surface area contributed by atoms with E-state index in [0.717, 1.165) is 82.3 Å². The van der Waals surface area contributed by atoms with Crippen LogP contribution in [0.15, 0.2) is 42.5 Å². The standard InChI is InChI=1S/C28H37N3O2/c1-21-18-22(2)20-24(19-21)33-17-9-8-16-31-26-11-6-5-10-25(26)30-27(31)12-4-3-7-15-29-28(32)23-13-14-23/h5-6,10-11,18-20,23H,3-4,7-9,12-17H2,1-2H3,(H,29,32). The van der Waals surface area contributed by atoms with Crippen molar-refractivity contribution >= 4 is 16.9 Å². The fourth-order valence-electron chi connectivity index (χ4n) is 4.43. The third-order valence-electron chi connectivity index (χ3n) is 6.30. The number of benzene rings is 2. The van der Waals surface area contributed by atoms with Crippen molar-refractivity contribution in [2.45, 2.75) is 71.8 Å². The molecular weight excluding hydrogens is 410 g/mol. The van der Waals surface area contributed by atoms with Crippen molar-refractivity contribution in [3.63, 3.8) is 0 Å². The number of nitrogens with one attached hydrogen (secondary N) is 1. The minimum Gasteiger partial charge on any atom is -0.494 e. The maximum absolute atomic E-state index is 11.7. The molecule has 0 unspecified atom stereocenters. The molecule has 1 saturated carbocycles. The zero-order valence-corrected chi connectivity index (χ0v) is 20.1. The van der Waals surface area contributed by atoms with Crippen LogP contribution in [-0.4, -0.2) is 28.6 Å². The van der Waals surface area contributed by atoms with E-state index in [-0.39, 0.29) is 5.91 Å². The number of para-hydroxylation sites is 2. The van der Waals surface area contributed by atoms with Crippen molar-refractivity contribution in [3.8, 4) is 5.75 Å². The maximum atomic E-state index is 11.7. The van der Waals surface area contributed by atoms with Gasteiger partial charge in [-0.15, -0.1) is 0 Å². The number of carbonyl (C=O) groups excluding carboxylic acids is 1. The molecule has 1 aromatic heterocycles. The first kappa shape index (κ1) is 23.3. The summed E-state index contributed by atoms with van der Waals surface area (Å²) < 4.78 is 8.38. The van der Waals surface area contributed by atoms with Crippen LogP contribution < -0.4 is 10.1 Å². The molecule has 0 bridgehead atoms. The van der Waals surface area contributed by atoms with Crippen LogP contribution in [0.25, 0.3) is 11.0 Å². The number of amides is 1. The van der Waals surface area contributed by atoms with Crippen molar-refractivity contribution in [1.82, 2.24) is 14.9 Å². The Morgan fingerprint density at radius 1 is 1.03 bits per heavy atom. The molecule has 1 heterocycles. The Balaban J connectivity index is 1.23. The lowest BCUT2D eigenvalue weighted by atomic mass is 10.1. The van der Waals surface area contributed by atoms with E-state index in [1.165, 1.54) is 22.5 Å². The minimum absolute atomic E-state index is 0.248. The molecule has 1 aliphatic rings. The van der Waals surface area contributed by atoms with Crippen molar-refractivity contribution in [2.75, 3.05) is 13.2 Å². The number of hydrogen-bond acceptors (Lipinski definition) is 3. The lowest BCUT2D eigenvalue weighted by molar-refractivity contribution is -0.122. The molecule has 4 rings (SSSR count). The van der Waals surface area contributed by atoms with E-state index in [1.54, 1.807) is 0 Å². The van der Waals surface area contributed by atoms with Crippen LogP contribution >= 0.6 is 0 Å². The summed E-state index contributed by atoms with van der Waals surface area (Å²) in [7, 11) is 0. The predicted molar refractivity (Wildman–Crippen MR) is 134 cm³/mol. The van der Waals surface area contributed by atoms with Gasteiger partial charge in [0.15, 0.2) is 0 Å². The maximum Gasteiger partial charge on any atom is 0.223 e.